The maximum Gasteiger partial charge on any atom is 0.330 e. The first kappa shape index (κ1) is 17.5. The Kier molecular flexibility index (Phi) is 4.62. The second-order valence-electron chi connectivity index (χ2n) is 5.92. The Hall–Kier alpha value is -3.35. The van der Waals surface area contributed by atoms with Crippen LogP contribution >= 0.6 is 0 Å². The van der Waals surface area contributed by atoms with Gasteiger partial charge in [-0.3, -0.25) is 0 Å². The van der Waals surface area contributed by atoms with Crippen molar-refractivity contribution in [3.8, 4) is 17.4 Å². The molecule has 0 aliphatic rings. The minimum atomic E-state index is -1.03. The van der Waals surface area contributed by atoms with Gasteiger partial charge in [0, 0.05) is 22.7 Å². The highest BCUT2D eigenvalue weighted by Crippen LogP contribution is 2.34. The first-order valence-electron chi connectivity index (χ1n) is 7.96. The van der Waals surface area contributed by atoms with Gasteiger partial charge in [-0.25, -0.2) is 4.79 Å². The van der Waals surface area contributed by atoms with E-state index in [2.05, 4.69) is 10.3 Å². The van der Waals surface area contributed by atoms with Gasteiger partial charge >= 0.3 is 5.97 Å². The van der Waals surface area contributed by atoms with Gasteiger partial charge in [0.2, 0.25) is 0 Å². The maximum absolute atomic E-state index is 11.8. The van der Waals surface area contributed by atoms with Crippen molar-refractivity contribution in [1.82, 2.24) is 4.98 Å². The Balaban J connectivity index is 1.99. The van der Waals surface area contributed by atoms with Gasteiger partial charge in [-0.05, 0) is 42.3 Å². The summed E-state index contributed by atoms with van der Waals surface area (Å²) in [5, 5.41) is 24.1. The summed E-state index contributed by atoms with van der Waals surface area (Å²) >= 11 is 0. The minimum absolute atomic E-state index is 0.0461. The lowest BCUT2D eigenvalue weighted by molar-refractivity contribution is -0.138. The number of H-pyrrole nitrogens is 1. The Morgan fingerprint density at radius 1 is 1.12 bits per heavy atom. The van der Waals surface area contributed by atoms with E-state index in [-0.39, 0.29) is 5.88 Å². The number of aryl methyl sites for hydroxylation is 1. The van der Waals surface area contributed by atoms with Gasteiger partial charge in [-0.15, -0.1) is 0 Å². The second-order valence-corrected chi connectivity index (χ2v) is 5.92. The molecule has 2 aromatic carbocycles. The second kappa shape index (κ2) is 6.87. The van der Waals surface area contributed by atoms with Crippen LogP contribution in [0.1, 0.15) is 17.2 Å². The van der Waals surface area contributed by atoms with E-state index in [1.54, 1.807) is 30.5 Å². The Morgan fingerprint density at radius 2 is 1.85 bits per heavy atom. The van der Waals surface area contributed by atoms with Crippen LogP contribution in [0.5, 0.6) is 17.4 Å². The highest BCUT2D eigenvalue weighted by molar-refractivity contribution is 5.93. The number of aromatic hydroxyl groups is 1. The maximum atomic E-state index is 11.8. The van der Waals surface area contributed by atoms with E-state index in [4.69, 9.17) is 9.47 Å². The number of hydrogen-bond acceptors (Lipinski definition) is 5. The van der Waals surface area contributed by atoms with E-state index in [0.29, 0.717) is 28.1 Å². The molecule has 0 fully saturated rings. The molecule has 3 aromatic rings. The predicted octanol–water partition coefficient (Wildman–Crippen LogP) is 3.44. The molecule has 26 heavy (non-hydrogen) atoms. The van der Waals surface area contributed by atoms with Crippen LogP contribution in [0, 0.1) is 6.92 Å². The van der Waals surface area contributed by atoms with Crippen LogP contribution in [-0.2, 0) is 4.79 Å². The topological polar surface area (TPSA) is 104 Å². The number of carbonyl (C=O) groups is 1. The summed E-state index contributed by atoms with van der Waals surface area (Å²) in [6.45, 7) is 1.90. The molecule has 0 bridgehead atoms. The fraction of sp³-hybridized carbons (Fsp3) is 0.211. The number of aromatic nitrogens is 1. The number of ether oxygens (including phenoxy) is 2. The van der Waals surface area contributed by atoms with Gasteiger partial charge in [-0.2, -0.15) is 0 Å². The van der Waals surface area contributed by atoms with Crippen molar-refractivity contribution < 1.29 is 24.5 Å². The number of benzene rings is 2. The van der Waals surface area contributed by atoms with E-state index in [1.807, 2.05) is 13.0 Å². The summed E-state index contributed by atoms with van der Waals surface area (Å²) in [5.74, 6) is -0.0131. The van der Waals surface area contributed by atoms with Crippen molar-refractivity contribution in [1.29, 1.82) is 0 Å². The summed E-state index contributed by atoms with van der Waals surface area (Å²) < 4.78 is 10.5. The molecule has 0 aliphatic heterocycles. The van der Waals surface area contributed by atoms with Gasteiger partial charge in [0.25, 0.3) is 0 Å². The zero-order valence-corrected chi connectivity index (χ0v) is 14.7. The summed E-state index contributed by atoms with van der Waals surface area (Å²) in [4.78, 5) is 14.6. The molecule has 0 aliphatic carbocycles. The lowest BCUT2D eigenvalue weighted by Gasteiger charge is -2.18. The number of methoxy groups -OCH3 is 2. The minimum Gasteiger partial charge on any atom is -0.494 e. The quantitative estimate of drug-likeness (QED) is 0.539. The number of rotatable bonds is 6. The Morgan fingerprint density at radius 3 is 2.50 bits per heavy atom. The molecule has 0 spiro atoms. The van der Waals surface area contributed by atoms with Gasteiger partial charge in [0.05, 0.1) is 14.2 Å². The number of nitrogens with one attached hydrogen (secondary N) is 2. The Bertz CT molecular complexity index is 964. The molecule has 3 rings (SSSR count). The number of carboxylic acid groups (broad SMARTS) is 1. The fourth-order valence-electron chi connectivity index (χ4n) is 2.97. The van der Waals surface area contributed by atoms with E-state index in [9.17, 15) is 15.0 Å². The van der Waals surface area contributed by atoms with Crippen LogP contribution in [-0.4, -0.2) is 35.4 Å². The highest BCUT2D eigenvalue weighted by atomic mass is 16.5. The molecule has 7 nitrogen and oxygen atoms in total. The van der Waals surface area contributed by atoms with Crippen LogP contribution in [0.3, 0.4) is 0 Å². The molecule has 0 amide bonds. The van der Waals surface area contributed by atoms with Crippen molar-refractivity contribution in [3.05, 3.63) is 47.7 Å². The van der Waals surface area contributed by atoms with Crippen molar-refractivity contribution in [2.24, 2.45) is 0 Å². The van der Waals surface area contributed by atoms with E-state index < -0.39 is 12.0 Å². The molecule has 1 atom stereocenters. The van der Waals surface area contributed by atoms with E-state index >= 15 is 0 Å². The first-order chi connectivity index (χ1) is 12.4. The molecule has 0 radical (unpaired) electrons. The lowest BCUT2D eigenvalue weighted by atomic mass is 10.0. The Labute approximate surface area is 150 Å². The molecule has 136 valence electrons. The summed E-state index contributed by atoms with van der Waals surface area (Å²) in [7, 11) is 3.02. The van der Waals surface area contributed by atoms with Crippen molar-refractivity contribution in [2.45, 2.75) is 13.0 Å². The smallest absolute Gasteiger partial charge is 0.330 e. The van der Waals surface area contributed by atoms with Gasteiger partial charge < -0.3 is 30.0 Å². The molecule has 1 aromatic heterocycles. The molecule has 0 saturated heterocycles. The average molecular weight is 356 g/mol. The zero-order chi connectivity index (χ0) is 18.8. The monoisotopic (exact) mass is 356 g/mol. The number of carboxylic acids is 1. The van der Waals surface area contributed by atoms with Gasteiger partial charge in [0.15, 0.2) is 23.4 Å². The normalized spacial score (nSPS) is 12.0. The van der Waals surface area contributed by atoms with Crippen LogP contribution < -0.4 is 14.8 Å². The molecular weight excluding hydrogens is 336 g/mol. The van der Waals surface area contributed by atoms with Crippen LogP contribution in [0.25, 0.3) is 10.8 Å². The standard InChI is InChI=1S/C19H20N2O5/c1-10-6-12(8-13-14(10)9-20-18(13)22)21-17(19(23)24)11-4-5-15(25-2)16(7-11)26-3/h4-9,17,20-22H,1-3H3,(H,23,24). The SMILES string of the molecule is COc1ccc(C(Nc2cc(C)c3c[nH]c(O)c3c2)C(=O)O)cc1OC. The molecular formula is C19H20N2O5. The summed E-state index contributed by atoms with van der Waals surface area (Å²) in [5.41, 5.74) is 2.02. The van der Waals surface area contributed by atoms with Crippen molar-refractivity contribution >= 4 is 22.4 Å². The average Bonchev–Trinajstić information content (AvgIpc) is 3.00. The fourth-order valence-corrected chi connectivity index (χ4v) is 2.97. The third-order valence-corrected chi connectivity index (χ3v) is 4.29. The first-order valence-corrected chi connectivity index (χ1v) is 7.96. The highest BCUT2D eigenvalue weighted by Gasteiger charge is 2.22. The summed E-state index contributed by atoms with van der Waals surface area (Å²) in [6, 6.07) is 7.53. The van der Waals surface area contributed by atoms with Crippen LogP contribution in [0.2, 0.25) is 0 Å². The van der Waals surface area contributed by atoms with Crippen molar-refractivity contribution in [2.75, 3.05) is 19.5 Å². The molecule has 4 N–H and O–H groups in total. The van der Waals surface area contributed by atoms with Gasteiger partial charge in [0.1, 0.15) is 0 Å². The number of hydrogen-bond donors (Lipinski definition) is 4. The third-order valence-electron chi connectivity index (χ3n) is 4.29. The zero-order valence-electron chi connectivity index (χ0n) is 14.7. The van der Waals surface area contributed by atoms with Gasteiger partial charge in [-0.1, -0.05) is 6.07 Å². The van der Waals surface area contributed by atoms with E-state index in [0.717, 1.165) is 10.9 Å². The number of aromatic amines is 1. The number of fused-ring (bicyclic) bond motifs is 1. The van der Waals surface area contributed by atoms with Crippen molar-refractivity contribution in [3.63, 3.8) is 0 Å². The molecule has 1 unspecified atom stereocenters. The molecule has 1 heterocycles. The largest absolute Gasteiger partial charge is 0.494 e. The summed E-state index contributed by atoms with van der Waals surface area (Å²) in [6.07, 6.45) is 1.72. The number of aliphatic carboxylic acids is 1. The number of anilines is 1. The third kappa shape index (κ3) is 3.11. The molecule has 0 saturated carbocycles. The van der Waals surface area contributed by atoms with Crippen LogP contribution in [0.15, 0.2) is 36.5 Å². The van der Waals surface area contributed by atoms with E-state index in [1.165, 1.54) is 14.2 Å². The predicted molar refractivity (Wildman–Crippen MR) is 98.2 cm³/mol. The molecule has 7 heteroatoms. The lowest BCUT2D eigenvalue weighted by Crippen LogP contribution is -2.20. The van der Waals surface area contributed by atoms with Crippen LogP contribution in [0.4, 0.5) is 5.69 Å².